The Balaban J connectivity index is 2.33. The molecule has 0 saturated carbocycles. The molecular formula is C5H10O2. The normalized spacial score (nSPS) is 42.0. The lowest BCUT2D eigenvalue weighted by atomic mass is 10.1. The summed E-state index contributed by atoms with van der Waals surface area (Å²) >= 11 is 0. The highest BCUT2D eigenvalue weighted by Gasteiger charge is 2.20. The lowest BCUT2D eigenvalue weighted by molar-refractivity contribution is -0.0786. The van der Waals surface area contributed by atoms with Gasteiger partial charge in [0.25, 0.3) is 0 Å². The molecule has 0 spiro atoms. The molecule has 2 atom stereocenters. The van der Waals surface area contributed by atoms with Gasteiger partial charge in [0, 0.05) is 5.92 Å². The van der Waals surface area contributed by atoms with Gasteiger partial charge in [0.2, 0.25) is 0 Å². The predicted molar refractivity (Wildman–Crippen MR) is 25.7 cm³/mol. The highest BCUT2D eigenvalue weighted by molar-refractivity contribution is 4.61. The van der Waals surface area contributed by atoms with Crippen LogP contribution in [-0.2, 0) is 4.74 Å². The molecule has 1 aliphatic rings. The summed E-state index contributed by atoms with van der Waals surface area (Å²) in [7, 11) is 0. The average molecular weight is 102 g/mol. The second kappa shape index (κ2) is 1.80. The minimum absolute atomic E-state index is 0.347. The molecule has 0 bridgehead atoms. The summed E-state index contributed by atoms with van der Waals surface area (Å²) in [6.45, 7) is 2.71. The summed E-state index contributed by atoms with van der Waals surface area (Å²) in [5.74, 6) is 0.347. The van der Waals surface area contributed by atoms with E-state index >= 15 is 0 Å². The van der Waals surface area contributed by atoms with E-state index in [4.69, 9.17) is 9.84 Å². The number of rotatable bonds is 0. The zero-order valence-electron chi connectivity index (χ0n) is 4.42. The van der Waals surface area contributed by atoms with Crippen LogP contribution in [-0.4, -0.2) is 18.0 Å². The van der Waals surface area contributed by atoms with Gasteiger partial charge in [-0.2, -0.15) is 0 Å². The van der Waals surface area contributed by atoms with Gasteiger partial charge in [0.15, 0.2) is 6.29 Å². The van der Waals surface area contributed by atoms with Crippen molar-refractivity contribution in [2.75, 3.05) is 6.61 Å². The molecule has 0 amide bonds. The summed E-state index contributed by atoms with van der Waals surface area (Å²) in [5.41, 5.74) is 0. The van der Waals surface area contributed by atoms with Gasteiger partial charge in [-0.15, -0.1) is 0 Å². The minimum atomic E-state index is -0.486. The average Bonchev–Trinajstić information content (AvgIpc) is 1.91. The molecule has 7 heavy (non-hydrogen) atoms. The lowest BCUT2D eigenvalue weighted by Crippen LogP contribution is -2.10. The summed E-state index contributed by atoms with van der Waals surface area (Å²) in [5, 5.41) is 8.78. The molecule has 1 N–H and O–H groups in total. The fraction of sp³-hybridized carbons (Fsp3) is 1.00. The van der Waals surface area contributed by atoms with Crippen molar-refractivity contribution in [1.82, 2.24) is 0 Å². The van der Waals surface area contributed by atoms with Gasteiger partial charge >= 0.3 is 0 Å². The summed E-state index contributed by atoms with van der Waals surface area (Å²) in [4.78, 5) is 0. The minimum Gasteiger partial charge on any atom is -0.368 e. The van der Waals surface area contributed by atoms with E-state index in [0.29, 0.717) is 5.92 Å². The Bertz CT molecular complexity index is 55.1. The fourth-order valence-electron chi connectivity index (χ4n) is 0.682. The van der Waals surface area contributed by atoms with Gasteiger partial charge < -0.3 is 9.84 Å². The zero-order chi connectivity index (χ0) is 5.28. The highest BCUT2D eigenvalue weighted by atomic mass is 16.6. The van der Waals surface area contributed by atoms with E-state index in [-0.39, 0.29) is 0 Å². The molecule has 0 aromatic rings. The van der Waals surface area contributed by atoms with Crippen LogP contribution in [0.5, 0.6) is 0 Å². The molecule has 1 heterocycles. The first kappa shape index (κ1) is 5.06. The molecule has 0 aromatic carbocycles. The molecule has 1 aliphatic heterocycles. The van der Waals surface area contributed by atoms with Crippen LogP contribution >= 0.6 is 0 Å². The van der Waals surface area contributed by atoms with Crippen molar-refractivity contribution in [3.8, 4) is 0 Å². The van der Waals surface area contributed by atoms with Gasteiger partial charge in [0.05, 0.1) is 6.61 Å². The Hall–Kier alpha value is -0.0800. The Morgan fingerprint density at radius 2 is 2.43 bits per heavy atom. The van der Waals surface area contributed by atoms with E-state index in [1.54, 1.807) is 0 Å². The van der Waals surface area contributed by atoms with E-state index in [9.17, 15) is 0 Å². The maximum atomic E-state index is 8.78. The summed E-state index contributed by atoms with van der Waals surface area (Å²) < 4.78 is 4.82. The maximum Gasteiger partial charge on any atom is 0.157 e. The SMILES string of the molecule is CC1CCOC1O. The molecule has 42 valence electrons. The van der Waals surface area contributed by atoms with Crippen LogP contribution in [0.4, 0.5) is 0 Å². The number of hydrogen-bond donors (Lipinski definition) is 1. The molecule has 2 nitrogen and oxygen atoms in total. The second-order valence-electron chi connectivity index (χ2n) is 2.03. The van der Waals surface area contributed by atoms with Gasteiger partial charge in [-0.25, -0.2) is 0 Å². The molecule has 1 saturated heterocycles. The fourth-order valence-corrected chi connectivity index (χ4v) is 0.682. The number of hydrogen-bond acceptors (Lipinski definition) is 2. The van der Waals surface area contributed by atoms with Crippen LogP contribution in [0, 0.1) is 5.92 Å². The molecule has 0 aliphatic carbocycles. The monoisotopic (exact) mass is 102 g/mol. The van der Waals surface area contributed by atoms with Crippen LogP contribution in [0.15, 0.2) is 0 Å². The molecule has 0 aromatic heterocycles. The van der Waals surface area contributed by atoms with Crippen LogP contribution in [0.1, 0.15) is 13.3 Å². The van der Waals surface area contributed by atoms with Crippen LogP contribution in [0.2, 0.25) is 0 Å². The quantitative estimate of drug-likeness (QED) is 0.478. The van der Waals surface area contributed by atoms with Crippen molar-refractivity contribution >= 4 is 0 Å². The van der Waals surface area contributed by atoms with Crippen LogP contribution in [0.25, 0.3) is 0 Å². The van der Waals surface area contributed by atoms with Crippen LogP contribution in [0.3, 0.4) is 0 Å². The lowest BCUT2D eigenvalue weighted by Gasteiger charge is -2.03. The molecule has 1 rings (SSSR count). The van der Waals surface area contributed by atoms with E-state index < -0.39 is 6.29 Å². The van der Waals surface area contributed by atoms with Crippen molar-refractivity contribution in [3.05, 3.63) is 0 Å². The third-order valence-corrected chi connectivity index (χ3v) is 1.35. The maximum absolute atomic E-state index is 8.78. The molecule has 2 unspecified atom stereocenters. The van der Waals surface area contributed by atoms with E-state index in [2.05, 4.69) is 0 Å². The predicted octanol–water partition coefficient (Wildman–Crippen LogP) is 0.361. The molecule has 2 heteroatoms. The number of ether oxygens (including phenoxy) is 1. The van der Waals surface area contributed by atoms with Crippen molar-refractivity contribution in [2.24, 2.45) is 5.92 Å². The van der Waals surface area contributed by atoms with Gasteiger partial charge in [-0.05, 0) is 6.42 Å². The second-order valence-corrected chi connectivity index (χ2v) is 2.03. The Kier molecular flexibility index (Phi) is 1.30. The Morgan fingerprint density at radius 3 is 2.57 bits per heavy atom. The Morgan fingerprint density at radius 1 is 1.71 bits per heavy atom. The summed E-state index contributed by atoms with van der Waals surface area (Å²) in [6, 6.07) is 0. The van der Waals surface area contributed by atoms with Gasteiger partial charge in [-0.1, -0.05) is 6.92 Å². The zero-order valence-corrected chi connectivity index (χ0v) is 4.42. The topological polar surface area (TPSA) is 29.5 Å². The third kappa shape index (κ3) is 0.924. The largest absolute Gasteiger partial charge is 0.368 e. The van der Waals surface area contributed by atoms with E-state index in [1.807, 2.05) is 6.92 Å². The number of aliphatic hydroxyl groups excluding tert-OH is 1. The van der Waals surface area contributed by atoms with E-state index in [0.717, 1.165) is 13.0 Å². The van der Waals surface area contributed by atoms with Crippen molar-refractivity contribution < 1.29 is 9.84 Å². The van der Waals surface area contributed by atoms with E-state index in [1.165, 1.54) is 0 Å². The number of aliphatic hydroxyl groups is 1. The van der Waals surface area contributed by atoms with Crippen LogP contribution < -0.4 is 0 Å². The van der Waals surface area contributed by atoms with Crippen molar-refractivity contribution in [1.29, 1.82) is 0 Å². The van der Waals surface area contributed by atoms with Gasteiger partial charge in [-0.3, -0.25) is 0 Å². The highest BCUT2D eigenvalue weighted by Crippen LogP contribution is 2.16. The summed E-state index contributed by atoms with van der Waals surface area (Å²) in [6.07, 6.45) is 0.515. The smallest absolute Gasteiger partial charge is 0.157 e. The first-order valence-electron chi connectivity index (χ1n) is 2.60. The first-order chi connectivity index (χ1) is 3.30. The standard InChI is InChI=1S/C5H10O2/c1-4-2-3-7-5(4)6/h4-6H,2-3H2,1H3. The third-order valence-electron chi connectivity index (χ3n) is 1.35. The molecule has 1 fully saturated rings. The first-order valence-corrected chi connectivity index (χ1v) is 2.60. The van der Waals surface area contributed by atoms with Gasteiger partial charge in [0.1, 0.15) is 0 Å². The Labute approximate surface area is 43.1 Å². The van der Waals surface area contributed by atoms with Crippen molar-refractivity contribution in [3.63, 3.8) is 0 Å². The van der Waals surface area contributed by atoms with Crippen molar-refractivity contribution in [2.45, 2.75) is 19.6 Å². The molecule has 0 radical (unpaired) electrons. The molecular weight excluding hydrogens is 92.1 g/mol.